The molecule has 9 heteroatoms. The van der Waals surface area contributed by atoms with Gasteiger partial charge in [0.15, 0.2) is 0 Å². The highest BCUT2D eigenvalue weighted by Gasteiger charge is 2.29. The first-order valence-corrected chi connectivity index (χ1v) is 9.98. The lowest BCUT2D eigenvalue weighted by Gasteiger charge is -2.36. The summed E-state index contributed by atoms with van der Waals surface area (Å²) in [7, 11) is 0. The van der Waals surface area contributed by atoms with E-state index in [1.165, 1.54) is 6.33 Å². The monoisotopic (exact) mass is 454 g/mol. The average Bonchev–Trinajstić information content (AvgIpc) is 2.74. The number of aromatic nitrogens is 2. The van der Waals surface area contributed by atoms with E-state index in [2.05, 4.69) is 48.2 Å². The summed E-state index contributed by atoms with van der Waals surface area (Å²) in [5, 5.41) is 14.9. The van der Waals surface area contributed by atoms with Crippen molar-refractivity contribution in [1.29, 1.82) is 0 Å². The van der Waals surface area contributed by atoms with Gasteiger partial charge in [0, 0.05) is 42.0 Å². The minimum absolute atomic E-state index is 0.111. The van der Waals surface area contributed by atoms with Crippen molar-refractivity contribution >= 4 is 44.6 Å². The van der Waals surface area contributed by atoms with Gasteiger partial charge in [-0.15, -0.1) is 0 Å². The van der Waals surface area contributed by atoms with Crippen molar-refractivity contribution in [2.75, 3.05) is 41.3 Å². The average molecular weight is 455 g/mol. The molecule has 0 saturated carbocycles. The van der Waals surface area contributed by atoms with Gasteiger partial charge < -0.3 is 15.1 Å². The number of anilines is 4. The third-order valence-corrected chi connectivity index (χ3v) is 5.27. The van der Waals surface area contributed by atoms with E-state index in [9.17, 15) is 10.1 Å². The van der Waals surface area contributed by atoms with Crippen molar-refractivity contribution in [3.63, 3.8) is 0 Å². The van der Waals surface area contributed by atoms with Gasteiger partial charge in [0.25, 0.3) is 0 Å². The summed E-state index contributed by atoms with van der Waals surface area (Å²) in [5.41, 5.74) is 1.75. The first-order valence-electron chi connectivity index (χ1n) is 9.19. The fourth-order valence-corrected chi connectivity index (χ4v) is 3.78. The molecule has 29 heavy (non-hydrogen) atoms. The summed E-state index contributed by atoms with van der Waals surface area (Å²) in [4.78, 5) is 24.0. The van der Waals surface area contributed by atoms with Gasteiger partial charge in [-0.1, -0.05) is 40.2 Å². The quantitative estimate of drug-likeness (QED) is 0.455. The van der Waals surface area contributed by atoms with Crippen LogP contribution < -0.4 is 15.1 Å². The number of benzene rings is 2. The van der Waals surface area contributed by atoms with Crippen molar-refractivity contribution in [3.8, 4) is 0 Å². The molecule has 4 rings (SSSR count). The third-order valence-electron chi connectivity index (χ3n) is 4.77. The molecule has 0 amide bonds. The molecule has 0 radical (unpaired) electrons. The van der Waals surface area contributed by atoms with Crippen LogP contribution in [0, 0.1) is 10.1 Å². The zero-order chi connectivity index (χ0) is 20.2. The minimum Gasteiger partial charge on any atom is -0.368 e. The van der Waals surface area contributed by atoms with Gasteiger partial charge in [0.05, 0.1) is 4.92 Å². The maximum atomic E-state index is 11.9. The normalized spacial score (nSPS) is 14.0. The Morgan fingerprint density at radius 2 is 1.69 bits per heavy atom. The first-order chi connectivity index (χ1) is 14.1. The van der Waals surface area contributed by atoms with Crippen molar-refractivity contribution in [3.05, 3.63) is 75.5 Å². The van der Waals surface area contributed by atoms with Gasteiger partial charge in [0.2, 0.25) is 11.6 Å². The van der Waals surface area contributed by atoms with Crippen LogP contribution in [0.2, 0.25) is 0 Å². The van der Waals surface area contributed by atoms with Crippen molar-refractivity contribution < 1.29 is 4.92 Å². The van der Waals surface area contributed by atoms with Gasteiger partial charge >= 0.3 is 5.69 Å². The highest BCUT2D eigenvalue weighted by Crippen LogP contribution is 2.34. The second-order valence-electron chi connectivity index (χ2n) is 6.60. The van der Waals surface area contributed by atoms with E-state index < -0.39 is 4.92 Å². The Kier molecular flexibility index (Phi) is 5.57. The fraction of sp³-hybridized carbons (Fsp3) is 0.200. The number of nitrogens with one attached hydrogen (secondary N) is 1. The molecule has 148 valence electrons. The van der Waals surface area contributed by atoms with Crippen molar-refractivity contribution in [2.24, 2.45) is 0 Å². The zero-order valence-corrected chi connectivity index (χ0v) is 17.1. The molecule has 3 aromatic rings. The van der Waals surface area contributed by atoms with E-state index in [4.69, 9.17) is 0 Å². The maximum Gasteiger partial charge on any atom is 0.353 e. The second-order valence-corrected chi connectivity index (χ2v) is 7.51. The van der Waals surface area contributed by atoms with E-state index in [0.29, 0.717) is 24.6 Å². The predicted molar refractivity (Wildman–Crippen MR) is 117 cm³/mol. The number of hydrogen-bond donors (Lipinski definition) is 1. The third kappa shape index (κ3) is 4.29. The minimum atomic E-state index is -0.417. The lowest BCUT2D eigenvalue weighted by molar-refractivity contribution is -0.383. The predicted octanol–water partition coefficient (Wildman–Crippen LogP) is 4.22. The van der Waals surface area contributed by atoms with Crippen molar-refractivity contribution in [2.45, 2.75) is 0 Å². The lowest BCUT2D eigenvalue weighted by Crippen LogP contribution is -2.47. The number of rotatable bonds is 5. The molecule has 1 saturated heterocycles. The number of hydrogen-bond acceptors (Lipinski definition) is 7. The SMILES string of the molecule is O=[N+]([O-])c1c(Nc2cccc(Br)c2)ncnc1N1CCN(c2ccccc2)CC1. The number of piperazine rings is 1. The highest BCUT2D eigenvalue weighted by atomic mass is 79.9. The highest BCUT2D eigenvalue weighted by molar-refractivity contribution is 9.10. The van der Waals surface area contributed by atoms with Gasteiger partial charge in [-0.3, -0.25) is 10.1 Å². The molecular weight excluding hydrogens is 436 g/mol. The van der Waals surface area contributed by atoms with Gasteiger partial charge in [-0.05, 0) is 30.3 Å². The fourth-order valence-electron chi connectivity index (χ4n) is 3.38. The smallest absolute Gasteiger partial charge is 0.353 e. The molecule has 0 bridgehead atoms. The summed E-state index contributed by atoms with van der Waals surface area (Å²) in [5.74, 6) is 0.527. The summed E-state index contributed by atoms with van der Waals surface area (Å²) in [6, 6.07) is 17.6. The molecule has 0 atom stereocenters. The van der Waals surface area contributed by atoms with E-state index in [1.54, 1.807) is 0 Å². The summed E-state index contributed by atoms with van der Waals surface area (Å²) in [6.45, 7) is 2.81. The summed E-state index contributed by atoms with van der Waals surface area (Å²) >= 11 is 3.41. The van der Waals surface area contributed by atoms with Crippen LogP contribution in [0.5, 0.6) is 0 Å². The number of nitro groups is 1. The Morgan fingerprint density at radius 3 is 2.38 bits per heavy atom. The van der Waals surface area contributed by atoms with Crippen LogP contribution in [-0.2, 0) is 0 Å². The number of nitrogens with zero attached hydrogens (tertiary/aromatic N) is 5. The van der Waals surface area contributed by atoms with Crippen LogP contribution >= 0.6 is 15.9 Å². The molecule has 2 heterocycles. The molecule has 8 nitrogen and oxygen atoms in total. The van der Waals surface area contributed by atoms with Gasteiger partial charge in [-0.25, -0.2) is 9.97 Å². The molecule has 1 aromatic heterocycles. The molecule has 2 aromatic carbocycles. The second kappa shape index (κ2) is 8.44. The summed E-state index contributed by atoms with van der Waals surface area (Å²) < 4.78 is 0.872. The lowest BCUT2D eigenvalue weighted by atomic mass is 10.2. The molecule has 0 unspecified atom stereocenters. The van der Waals surface area contributed by atoms with Crippen LogP contribution in [0.3, 0.4) is 0 Å². The first kappa shape index (κ1) is 19.1. The van der Waals surface area contributed by atoms with Crippen LogP contribution in [0.1, 0.15) is 0 Å². The molecule has 0 spiro atoms. The molecule has 1 aliphatic heterocycles. The Hall–Kier alpha value is -3.20. The molecule has 1 aliphatic rings. The molecule has 0 aliphatic carbocycles. The van der Waals surface area contributed by atoms with E-state index >= 15 is 0 Å². The van der Waals surface area contributed by atoms with Crippen LogP contribution in [-0.4, -0.2) is 41.1 Å². The summed E-state index contributed by atoms with van der Waals surface area (Å²) in [6.07, 6.45) is 1.37. The van der Waals surface area contributed by atoms with Crippen LogP contribution in [0.15, 0.2) is 65.4 Å². The largest absolute Gasteiger partial charge is 0.368 e. The van der Waals surface area contributed by atoms with Gasteiger partial charge in [-0.2, -0.15) is 0 Å². The Balaban J connectivity index is 1.57. The molecule has 1 fully saturated rings. The van der Waals surface area contributed by atoms with E-state index in [-0.39, 0.29) is 11.5 Å². The zero-order valence-electron chi connectivity index (χ0n) is 15.5. The molecular formula is C20H19BrN6O2. The maximum absolute atomic E-state index is 11.9. The van der Waals surface area contributed by atoms with E-state index in [0.717, 1.165) is 23.2 Å². The standard InChI is InChI=1S/C20H19BrN6O2/c21-15-5-4-6-16(13-15)24-19-18(27(28)29)20(23-14-22-19)26-11-9-25(10-12-26)17-7-2-1-3-8-17/h1-8,13-14H,9-12H2,(H,22,23,24). The number of halogens is 1. The Labute approximate surface area is 176 Å². The van der Waals surface area contributed by atoms with Crippen LogP contribution in [0.25, 0.3) is 0 Å². The van der Waals surface area contributed by atoms with E-state index in [1.807, 2.05) is 47.4 Å². The molecule has 1 N–H and O–H groups in total. The van der Waals surface area contributed by atoms with Crippen LogP contribution in [0.4, 0.5) is 28.7 Å². The Bertz CT molecular complexity index is 1010. The number of para-hydroxylation sites is 1. The topological polar surface area (TPSA) is 87.4 Å². The van der Waals surface area contributed by atoms with Crippen molar-refractivity contribution in [1.82, 2.24) is 9.97 Å². The Morgan fingerprint density at radius 1 is 0.966 bits per heavy atom. The van der Waals surface area contributed by atoms with Gasteiger partial charge in [0.1, 0.15) is 6.33 Å².